The van der Waals surface area contributed by atoms with Gasteiger partial charge in [-0.15, -0.1) is 6.42 Å². The summed E-state index contributed by atoms with van der Waals surface area (Å²) in [6.45, 7) is 2.21. The van der Waals surface area contributed by atoms with Crippen LogP contribution in [0, 0.1) is 29.6 Å². The molecule has 5 atom stereocenters. The van der Waals surface area contributed by atoms with Crippen LogP contribution in [0.4, 0.5) is 0 Å². The van der Waals surface area contributed by atoms with Gasteiger partial charge in [-0.25, -0.2) is 4.79 Å². The summed E-state index contributed by atoms with van der Waals surface area (Å²) in [7, 11) is 0. The van der Waals surface area contributed by atoms with Gasteiger partial charge in [-0.05, 0) is 91.7 Å². The van der Waals surface area contributed by atoms with Crippen LogP contribution in [-0.2, 0) is 6.42 Å². The maximum absolute atomic E-state index is 12.4. The maximum atomic E-state index is 12.4. The molecule has 3 heteroatoms. The van der Waals surface area contributed by atoms with Crippen molar-refractivity contribution in [1.82, 2.24) is 0 Å². The molecule has 154 valence electrons. The molecular weight excluding hydrogens is 372 g/mol. The number of terminal acetylenes is 1. The van der Waals surface area contributed by atoms with Gasteiger partial charge >= 0.3 is 5.97 Å². The number of carbonyl (C=O) groups is 1. The fourth-order valence-corrected chi connectivity index (χ4v) is 6.62. The van der Waals surface area contributed by atoms with E-state index in [1.165, 1.54) is 11.1 Å². The molecule has 1 N–H and O–H groups in total. The molecule has 0 unspecified atom stereocenters. The Morgan fingerprint density at radius 2 is 1.93 bits per heavy atom. The number of rotatable bonds is 2. The summed E-state index contributed by atoms with van der Waals surface area (Å²) in [5.41, 5.74) is 2.11. The quantitative estimate of drug-likeness (QED) is 0.432. The van der Waals surface area contributed by atoms with Crippen molar-refractivity contribution in [1.29, 1.82) is 0 Å². The zero-order valence-electron chi connectivity index (χ0n) is 17.4. The zero-order valence-corrected chi connectivity index (χ0v) is 17.4. The number of fused-ring (bicyclic) bond motifs is 5. The van der Waals surface area contributed by atoms with E-state index in [0.29, 0.717) is 29.1 Å². The fourth-order valence-electron chi connectivity index (χ4n) is 6.62. The molecule has 30 heavy (non-hydrogen) atoms. The first-order valence-electron chi connectivity index (χ1n) is 11.1. The average molecular weight is 401 g/mol. The van der Waals surface area contributed by atoms with Gasteiger partial charge in [0.15, 0.2) is 0 Å². The first-order valence-corrected chi connectivity index (χ1v) is 11.1. The van der Waals surface area contributed by atoms with Gasteiger partial charge in [-0.1, -0.05) is 37.1 Å². The van der Waals surface area contributed by atoms with Gasteiger partial charge in [-0.3, -0.25) is 0 Å². The Balaban J connectivity index is 1.38. The van der Waals surface area contributed by atoms with Crippen LogP contribution < -0.4 is 4.74 Å². The third kappa shape index (κ3) is 2.81. The van der Waals surface area contributed by atoms with Crippen molar-refractivity contribution in [2.75, 3.05) is 0 Å². The van der Waals surface area contributed by atoms with Crippen LogP contribution in [0.3, 0.4) is 0 Å². The van der Waals surface area contributed by atoms with Gasteiger partial charge in [0.05, 0.1) is 5.56 Å². The molecule has 3 aliphatic rings. The van der Waals surface area contributed by atoms with Gasteiger partial charge in [0.25, 0.3) is 0 Å². The van der Waals surface area contributed by atoms with Crippen molar-refractivity contribution in [3.8, 4) is 18.1 Å². The van der Waals surface area contributed by atoms with Crippen molar-refractivity contribution >= 4 is 5.97 Å². The van der Waals surface area contributed by atoms with Crippen LogP contribution in [0.1, 0.15) is 66.4 Å². The number of hydrogen-bond acceptors (Lipinski definition) is 3. The van der Waals surface area contributed by atoms with Crippen LogP contribution in [0.25, 0.3) is 0 Å². The van der Waals surface area contributed by atoms with Crippen molar-refractivity contribution in [2.45, 2.75) is 57.0 Å². The molecule has 0 heterocycles. The molecule has 0 saturated heterocycles. The largest absolute Gasteiger partial charge is 0.423 e. The second kappa shape index (κ2) is 7.00. The third-order valence-electron chi connectivity index (χ3n) is 8.31. The topological polar surface area (TPSA) is 46.5 Å². The van der Waals surface area contributed by atoms with Crippen molar-refractivity contribution in [3.05, 3.63) is 65.2 Å². The van der Waals surface area contributed by atoms with E-state index in [0.717, 1.165) is 38.5 Å². The predicted molar refractivity (Wildman–Crippen MR) is 116 cm³/mol. The summed E-state index contributed by atoms with van der Waals surface area (Å²) in [5.74, 6) is 4.58. The Morgan fingerprint density at radius 1 is 1.13 bits per heavy atom. The normalized spacial score (nSPS) is 34.2. The molecule has 0 spiro atoms. The minimum absolute atomic E-state index is 0.175. The lowest BCUT2D eigenvalue weighted by Crippen LogP contribution is -2.50. The number of ether oxygens (including phenoxy) is 1. The predicted octanol–water partition coefficient (Wildman–Crippen LogP) is 5.13. The number of aliphatic hydroxyl groups is 1. The van der Waals surface area contributed by atoms with E-state index in [9.17, 15) is 9.90 Å². The van der Waals surface area contributed by atoms with Gasteiger partial charge in [-0.2, -0.15) is 0 Å². The van der Waals surface area contributed by atoms with Crippen LogP contribution >= 0.6 is 0 Å². The second-order valence-electron chi connectivity index (χ2n) is 9.53. The molecule has 2 aromatic carbocycles. The van der Waals surface area contributed by atoms with Gasteiger partial charge < -0.3 is 9.84 Å². The maximum Gasteiger partial charge on any atom is 0.343 e. The first kappa shape index (κ1) is 19.4. The SMILES string of the molecule is C#C[C@]1(O)CC[C@H]2[C@@H]3CCc4cc(OC(=O)c5ccccc5)ccc4[C@H]3CC[C@@]21C. The molecule has 2 saturated carbocycles. The van der Waals surface area contributed by atoms with E-state index < -0.39 is 5.60 Å². The number of hydrogen-bond donors (Lipinski definition) is 1. The lowest BCUT2D eigenvalue weighted by atomic mass is 9.53. The molecule has 0 bridgehead atoms. The highest BCUT2D eigenvalue weighted by molar-refractivity contribution is 5.91. The molecule has 3 nitrogen and oxygen atoms in total. The van der Waals surface area contributed by atoms with Crippen LogP contribution in [0.5, 0.6) is 5.75 Å². The van der Waals surface area contributed by atoms with Gasteiger partial charge in [0.1, 0.15) is 11.4 Å². The minimum Gasteiger partial charge on any atom is -0.423 e. The van der Waals surface area contributed by atoms with E-state index >= 15 is 0 Å². The number of carbonyl (C=O) groups excluding carboxylic acids is 1. The summed E-state index contributed by atoms with van der Waals surface area (Å²) in [5, 5.41) is 11.1. The Hall–Kier alpha value is -2.57. The van der Waals surface area contributed by atoms with E-state index in [1.54, 1.807) is 12.1 Å². The van der Waals surface area contributed by atoms with E-state index in [4.69, 9.17) is 11.2 Å². The summed E-state index contributed by atoms with van der Waals surface area (Å²) >= 11 is 0. The molecule has 0 amide bonds. The Bertz CT molecular complexity index is 1020. The Kier molecular flexibility index (Phi) is 4.52. The zero-order chi connectivity index (χ0) is 20.9. The number of esters is 1. The highest BCUT2D eigenvalue weighted by atomic mass is 16.5. The van der Waals surface area contributed by atoms with E-state index in [-0.39, 0.29) is 11.4 Å². The van der Waals surface area contributed by atoms with Gasteiger partial charge in [0.2, 0.25) is 0 Å². The van der Waals surface area contributed by atoms with Gasteiger partial charge in [0, 0.05) is 5.41 Å². The number of aryl methyl sites for hydroxylation is 1. The van der Waals surface area contributed by atoms with Crippen LogP contribution in [-0.4, -0.2) is 16.7 Å². The lowest BCUT2D eigenvalue weighted by molar-refractivity contribution is -0.0646. The second-order valence-corrected chi connectivity index (χ2v) is 9.53. The van der Waals surface area contributed by atoms with Crippen LogP contribution in [0.2, 0.25) is 0 Å². The highest BCUT2D eigenvalue weighted by Gasteiger charge is 2.61. The standard InChI is InChI=1S/C27H28O3/c1-3-27(29)16-14-24-23-11-9-19-17-20(30-25(28)18-7-5-4-6-8-18)10-12-21(19)22(23)13-15-26(24,27)2/h1,4-8,10,12,17,22-24,29H,9,11,13-16H2,2H3/t22-,23-,24+,26+,27+/m1/s1. The molecule has 5 rings (SSSR count). The molecule has 0 radical (unpaired) electrons. The summed E-state index contributed by atoms with van der Waals surface area (Å²) in [6, 6.07) is 15.2. The average Bonchev–Trinajstić information content (AvgIpc) is 3.05. The van der Waals surface area contributed by atoms with E-state index in [1.807, 2.05) is 30.3 Å². The molecule has 2 fully saturated rings. The van der Waals surface area contributed by atoms with Crippen molar-refractivity contribution < 1.29 is 14.6 Å². The smallest absolute Gasteiger partial charge is 0.343 e. The molecule has 0 aliphatic heterocycles. The molecule has 2 aromatic rings. The summed E-state index contributed by atoms with van der Waals surface area (Å²) < 4.78 is 5.64. The van der Waals surface area contributed by atoms with Crippen molar-refractivity contribution in [3.63, 3.8) is 0 Å². The summed E-state index contributed by atoms with van der Waals surface area (Å²) in [4.78, 5) is 12.4. The monoisotopic (exact) mass is 400 g/mol. The van der Waals surface area contributed by atoms with Crippen molar-refractivity contribution in [2.24, 2.45) is 17.3 Å². The Morgan fingerprint density at radius 3 is 2.70 bits per heavy atom. The lowest BCUT2D eigenvalue weighted by Gasteiger charge is -2.52. The first-order chi connectivity index (χ1) is 14.4. The highest BCUT2D eigenvalue weighted by Crippen LogP contribution is 2.64. The third-order valence-corrected chi connectivity index (χ3v) is 8.31. The minimum atomic E-state index is -0.960. The van der Waals surface area contributed by atoms with E-state index in [2.05, 4.69) is 18.9 Å². The molecule has 0 aromatic heterocycles. The Labute approximate surface area is 178 Å². The molecular formula is C27H28O3. The van der Waals surface area contributed by atoms with Crippen LogP contribution in [0.15, 0.2) is 48.5 Å². The number of benzene rings is 2. The fraction of sp³-hybridized carbons (Fsp3) is 0.444. The summed E-state index contributed by atoms with van der Waals surface area (Å²) in [6.07, 6.45) is 11.6. The molecule has 3 aliphatic carbocycles.